The molecule has 2 aromatic rings. The molecule has 0 radical (unpaired) electrons. The molecular formula is C15H22N6O. The second-order valence-electron chi connectivity index (χ2n) is 5.57. The molecule has 22 heavy (non-hydrogen) atoms. The fourth-order valence-electron chi connectivity index (χ4n) is 2.72. The maximum absolute atomic E-state index is 5.04. The van der Waals surface area contributed by atoms with E-state index < -0.39 is 0 Å². The average Bonchev–Trinajstić information content (AvgIpc) is 2.81. The van der Waals surface area contributed by atoms with Crippen molar-refractivity contribution in [3.05, 3.63) is 29.8 Å². The van der Waals surface area contributed by atoms with Gasteiger partial charge in [-0.15, -0.1) is 0 Å². The van der Waals surface area contributed by atoms with E-state index in [0.717, 1.165) is 62.9 Å². The molecule has 118 valence electrons. The fraction of sp³-hybridized carbons (Fsp3) is 0.600. The van der Waals surface area contributed by atoms with Crippen molar-refractivity contribution in [2.24, 2.45) is 0 Å². The van der Waals surface area contributed by atoms with Crippen LogP contribution in [0.15, 0.2) is 16.9 Å². The van der Waals surface area contributed by atoms with E-state index in [1.165, 1.54) is 0 Å². The largest absolute Gasteiger partial charge is 0.355 e. The van der Waals surface area contributed by atoms with E-state index in [9.17, 15) is 0 Å². The first-order valence-corrected chi connectivity index (χ1v) is 7.82. The summed E-state index contributed by atoms with van der Waals surface area (Å²) in [4.78, 5) is 17.7. The first-order chi connectivity index (χ1) is 10.7. The van der Waals surface area contributed by atoms with Crippen molar-refractivity contribution in [3.63, 3.8) is 0 Å². The molecule has 1 fully saturated rings. The Bertz CT molecular complexity index is 614. The highest BCUT2D eigenvalue weighted by Gasteiger charge is 2.18. The van der Waals surface area contributed by atoms with E-state index >= 15 is 0 Å². The summed E-state index contributed by atoms with van der Waals surface area (Å²) in [5.41, 5.74) is 1.09. The summed E-state index contributed by atoms with van der Waals surface area (Å²) in [6, 6.07) is 2.10. The summed E-state index contributed by atoms with van der Waals surface area (Å²) in [5, 5.41) is 3.98. The summed E-state index contributed by atoms with van der Waals surface area (Å²) >= 11 is 0. The Labute approximate surface area is 130 Å². The van der Waals surface area contributed by atoms with E-state index in [2.05, 4.69) is 42.9 Å². The first kappa shape index (κ1) is 14.9. The van der Waals surface area contributed by atoms with Crippen LogP contribution in [0.3, 0.4) is 0 Å². The Balaban J connectivity index is 1.61. The highest BCUT2D eigenvalue weighted by molar-refractivity contribution is 5.39. The zero-order valence-electron chi connectivity index (χ0n) is 13.2. The van der Waals surface area contributed by atoms with E-state index in [1.54, 1.807) is 6.33 Å². The minimum absolute atomic E-state index is 0.625. The van der Waals surface area contributed by atoms with Gasteiger partial charge in [-0.3, -0.25) is 4.90 Å². The van der Waals surface area contributed by atoms with Crippen LogP contribution < -0.4 is 4.90 Å². The third kappa shape index (κ3) is 3.59. The molecule has 0 amide bonds. The number of anilines is 1. The summed E-state index contributed by atoms with van der Waals surface area (Å²) < 4.78 is 5.04. The molecule has 0 saturated carbocycles. The van der Waals surface area contributed by atoms with Crippen molar-refractivity contribution in [1.82, 2.24) is 25.0 Å². The molecule has 0 aliphatic carbocycles. The Hall–Kier alpha value is -2.02. The molecule has 1 aliphatic rings. The molecule has 2 aromatic heterocycles. The number of nitrogens with zero attached hydrogens (tertiary/aromatic N) is 6. The van der Waals surface area contributed by atoms with E-state index in [-0.39, 0.29) is 0 Å². The molecule has 3 heterocycles. The van der Waals surface area contributed by atoms with Crippen molar-refractivity contribution in [2.75, 3.05) is 31.1 Å². The van der Waals surface area contributed by atoms with Gasteiger partial charge >= 0.3 is 0 Å². The second kappa shape index (κ2) is 6.83. The third-order valence-electron chi connectivity index (χ3n) is 3.92. The third-order valence-corrected chi connectivity index (χ3v) is 3.92. The molecule has 1 saturated heterocycles. The summed E-state index contributed by atoms with van der Waals surface area (Å²) in [7, 11) is 0. The molecular weight excluding hydrogens is 280 g/mol. The minimum Gasteiger partial charge on any atom is -0.355 e. The molecule has 0 aromatic carbocycles. The molecule has 0 bridgehead atoms. The van der Waals surface area contributed by atoms with Gasteiger partial charge in [0.05, 0.1) is 6.54 Å². The molecule has 7 nitrogen and oxygen atoms in total. The highest BCUT2D eigenvalue weighted by atomic mass is 16.5. The van der Waals surface area contributed by atoms with Crippen molar-refractivity contribution in [1.29, 1.82) is 0 Å². The lowest BCUT2D eigenvalue weighted by atomic mass is 10.3. The van der Waals surface area contributed by atoms with Crippen molar-refractivity contribution in [3.8, 4) is 0 Å². The van der Waals surface area contributed by atoms with Gasteiger partial charge < -0.3 is 9.42 Å². The summed E-state index contributed by atoms with van der Waals surface area (Å²) in [6.45, 7) is 8.66. The van der Waals surface area contributed by atoms with E-state index in [0.29, 0.717) is 5.89 Å². The van der Waals surface area contributed by atoms with Gasteiger partial charge in [0.2, 0.25) is 5.89 Å². The lowest BCUT2D eigenvalue weighted by Crippen LogP contribution is -2.31. The number of aryl methyl sites for hydroxylation is 2. The van der Waals surface area contributed by atoms with Gasteiger partial charge in [-0.1, -0.05) is 12.1 Å². The van der Waals surface area contributed by atoms with E-state index in [4.69, 9.17) is 4.52 Å². The van der Waals surface area contributed by atoms with Crippen molar-refractivity contribution >= 4 is 5.82 Å². The Morgan fingerprint density at radius 2 is 2.09 bits per heavy atom. The standard InChI is InChI=1S/C15H22N6O/c1-3-13-9-15(17-11-16-13)21-6-4-5-20(7-8-21)10-14-18-12(2)22-19-14/h9,11H,3-8,10H2,1-2H3. The highest BCUT2D eigenvalue weighted by Crippen LogP contribution is 2.15. The fourth-order valence-corrected chi connectivity index (χ4v) is 2.72. The predicted molar refractivity (Wildman–Crippen MR) is 82.6 cm³/mol. The van der Waals surface area contributed by atoms with Crippen LogP contribution in [0.25, 0.3) is 0 Å². The van der Waals surface area contributed by atoms with Gasteiger partial charge in [0.1, 0.15) is 12.1 Å². The van der Waals surface area contributed by atoms with Crippen LogP contribution in [0.4, 0.5) is 5.82 Å². The summed E-state index contributed by atoms with van der Waals surface area (Å²) in [5.74, 6) is 2.42. The average molecular weight is 302 g/mol. The van der Waals surface area contributed by atoms with Gasteiger partial charge in [-0.2, -0.15) is 4.98 Å². The van der Waals surface area contributed by atoms with Gasteiger partial charge in [0, 0.05) is 44.9 Å². The van der Waals surface area contributed by atoms with Crippen LogP contribution in [0, 0.1) is 6.92 Å². The van der Waals surface area contributed by atoms with Crippen LogP contribution in [-0.4, -0.2) is 51.2 Å². The van der Waals surface area contributed by atoms with Crippen LogP contribution >= 0.6 is 0 Å². The van der Waals surface area contributed by atoms with E-state index in [1.807, 2.05) is 6.92 Å². The zero-order chi connectivity index (χ0) is 15.4. The maximum Gasteiger partial charge on any atom is 0.223 e. The van der Waals surface area contributed by atoms with Crippen molar-refractivity contribution in [2.45, 2.75) is 33.2 Å². The predicted octanol–water partition coefficient (Wildman–Crippen LogP) is 1.44. The number of hydrogen-bond acceptors (Lipinski definition) is 7. The van der Waals surface area contributed by atoms with Crippen LogP contribution in [0.5, 0.6) is 0 Å². The molecule has 0 spiro atoms. The van der Waals surface area contributed by atoms with Gasteiger partial charge in [0.15, 0.2) is 5.82 Å². The van der Waals surface area contributed by atoms with Crippen LogP contribution in [-0.2, 0) is 13.0 Å². The quantitative estimate of drug-likeness (QED) is 0.846. The lowest BCUT2D eigenvalue weighted by molar-refractivity contribution is 0.272. The van der Waals surface area contributed by atoms with Crippen molar-refractivity contribution < 1.29 is 4.52 Å². The topological polar surface area (TPSA) is 71.2 Å². The number of hydrogen-bond donors (Lipinski definition) is 0. The number of aromatic nitrogens is 4. The minimum atomic E-state index is 0.625. The smallest absolute Gasteiger partial charge is 0.223 e. The molecule has 0 unspecified atom stereocenters. The van der Waals surface area contributed by atoms with Crippen LogP contribution in [0.2, 0.25) is 0 Å². The Morgan fingerprint density at radius 1 is 1.18 bits per heavy atom. The lowest BCUT2D eigenvalue weighted by Gasteiger charge is -2.22. The molecule has 7 heteroatoms. The van der Waals surface area contributed by atoms with Gasteiger partial charge in [-0.25, -0.2) is 9.97 Å². The van der Waals surface area contributed by atoms with Crippen LogP contribution in [0.1, 0.15) is 30.8 Å². The Kier molecular flexibility index (Phi) is 4.62. The molecule has 0 atom stereocenters. The maximum atomic E-state index is 5.04. The van der Waals surface area contributed by atoms with Gasteiger partial charge in [-0.05, 0) is 12.8 Å². The zero-order valence-corrected chi connectivity index (χ0v) is 13.2. The number of rotatable bonds is 4. The molecule has 3 rings (SSSR count). The first-order valence-electron chi connectivity index (χ1n) is 7.82. The SMILES string of the molecule is CCc1cc(N2CCCN(Cc3noc(C)n3)CC2)ncn1. The summed E-state index contributed by atoms with van der Waals surface area (Å²) in [6.07, 6.45) is 3.70. The Morgan fingerprint density at radius 3 is 2.86 bits per heavy atom. The monoisotopic (exact) mass is 302 g/mol. The molecule has 1 aliphatic heterocycles. The molecule has 0 N–H and O–H groups in total. The van der Waals surface area contributed by atoms with Gasteiger partial charge in [0.25, 0.3) is 0 Å². The second-order valence-corrected chi connectivity index (χ2v) is 5.57. The normalized spacial score (nSPS) is 16.7.